The number of aromatic amines is 1. The number of carbonyl (C=O) groups excluding carboxylic acids is 1. The fourth-order valence-electron chi connectivity index (χ4n) is 3.99. The molecule has 1 aliphatic carbocycles. The highest BCUT2D eigenvalue weighted by Crippen LogP contribution is 2.30. The molecule has 0 bridgehead atoms. The number of hydrogen-bond donors (Lipinski definition) is 1. The number of rotatable bonds is 2. The molecule has 2 aromatic rings. The van der Waals surface area contributed by atoms with Crippen molar-refractivity contribution in [2.45, 2.75) is 38.1 Å². The van der Waals surface area contributed by atoms with E-state index in [1.165, 1.54) is 24.1 Å². The highest BCUT2D eigenvalue weighted by Gasteiger charge is 2.33. The lowest BCUT2D eigenvalue weighted by Gasteiger charge is -2.23. The van der Waals surface area contributed by atoms with E-state index in [2.05, 4.69) is 4.98 Å². The molecule has 0 radical (unpaired) electrons. The minimum atomic E-state index is -2.99. The molecule has 1 fully saturated rings. The van der Waals surface area contributed by atoms with E-state index in [0.29, 0.717) is 12.0 Å². The van der Waals surface area contributed by atoms with Gasteiger partial charge < -0.3 is 9.88 Å². The zero-order chi connectivity index (χ0) is 16.9. The fraction of sp³-hybridized carbons (Fsp3) is 0.500. The minimum absolute atomic E-state index is 0.0804. The van der Waals surface area contributed by atoms with Crippen LogP contribution in [0.15, 0.2) is 18.2 Å². The molecule has 1 N–H and O–H groups in total. The molecule has 6 heteroatoms. The van der Waals surface area contributed by atoms with E-state index in [0.717, 1.165) is 23.7 Å². The normalized spacial score (nSPS) is 22.5. The molecule has 1 aliphatic heterocycles. The van der Waals surface area contributed by atoms with Gasteiger partial charge in [0.25, 0.3) is 5.91 Å². The number of aryl methyl sites for hydroxylation is 2. The molecule has 0 spiro atoms. The second-order valence-corrected chi connectivity index (χ2v) is 9.25. The third-order valence-electron chi connectivity index (χ3n) is 5.42. The SMILES string of the molecule is CN(C(=O)c1ccc2[nH]c3c(c2c1)CCCC3)[C@H]1CCS(=O)(=O)C1. The molecule has 0 saturated carbocycles. The monoisotopic (exact) mass is 346 g/mol. The number of benzene rings is 1. The Kier molecular flexibility index (Phi) is 3.67. The molecular weight excluding hydrogens is 324 g/mol. The predicted octanol–water partition coefficient (Wildman–Crippen LogP) is 2.31. The maximum Gasteiger partial charge on any atom is 0.253 e. The Balaban J connectivity index is 1.65. The molecule has 1 amide bonds. The number of hydrogen-bond acceptors (Lipinski definition) is 3. The van der Waals surface area contributed by atoms with Crippen LogP contribution in [0.3, 0.4) is 0 Å². The first-order valence-corrected chi connectivity index (χ1v) is 10.4. The molecule has 0 unspecified atom stereocenters. The topological polar surface area (TPSA) is 70.2 Å². The van der Waals surface area contributed by atoms with Gasteiger partial charge in [0.2, 0.25) is 0 Å². The highest BCUT2D eigenvalue weighted by atomic mass is 32.2. The summed E-state index contributed by atoms with van der Waals surface area (Å²) in [6.45, 7) is 0. The zero-order valence-electron chi connectivity index (χ0n) is 13.8. The number of H-pyrrole nitrogens is 1. The van der Waals surface area contributed by atoms with Gasteiger partial charge in [0.05, 0.1) is 11.5 Å². The Hall–Kier alpha value is -1.82. The van der Waals surface area contributed by atoms with Crippen LogP contribution >= 0.6 is 0 Å². The molecule has 24 heavy (non-hydrogen) atoms. The van der Waals surface area contributed by atoms with Crippen molar-refractivity contribution < 1.29 is 13.2 Å². The summed E-state index contributed by atoms with van der Waals surface area (Å²) in [6, 6.07) is 5.57. The van der Waals surface area contributed by atoms with E-state index in [9.17, 15) is 13.2 Å². The van der Waals surface area contributed by atoms with Gasteiger partial charge in [-0.1, -0.05) is 0 Å². The lowest BCUT2D eigenvalue weighted by atomic mass is 9.95. The molecule has 128 valence electrons. The van der Waals surface area contributed by atoms with Crippen molar-refractivity contribution in [2.75, 3.05) is 18.6 Å². The Morgan fingerprint density at radius 1 is 1.25 bits per heavy atom. The summed E-state index contributed by atoms with van der Waals surface area (Å²) in [5.41, 5.74) is 4.37. The average Bonchev–Trinajstić information content (AvgIpc) is 3.12. The number of sulfone groups is 1. The second kappa shape index (κ2) is 5.62. The summed E-state index contributed by atoms with van der Waals surface area (Å²) in [7, 11) is -1.28. The Labute approximate surface area is 142 Å². The van der Waals surface area contributed by atoms with Crippen LogP contribution < -0.4 is 0 Å². The van der Waals surface area contributed by atoms with Gasteiger partial charge in [-0.05, 0) is 55.9 Å². The third-order valence-corrected chi connectivity index (χ3v) is 7.17. The van der Waals surface area contributed by atoms with Gasteiger partial charge in [-0.2, -0.15) is 0 Å². The first-order chi connectivity index (χ1) is 11.4. The zero-order valence-corrected chi connectivity index (χ0v) is 14.7. The van der Waals surface area contributed by atoms with Crippen molar-refractivity contribution in [1.82, 2.24) is 9.88 Å². The molecule has 1 atom stereocenters. The standard InChI is InChI=1S/C18H22N2O3S/c1-20(13-8-9-24(22,23)11-13)18(21)12-6-7-17-15(10-12)14-4-2-3-5-16(14)19-17/h6-7,10,13,19H,2-5,8-9,11H2,1H3/t13-/m0/s1. The van der Waals surface area contributed by atoms with E-state index in [1.54, 1.807) is 11.9 Å². The number of aromatic nitrogens is 1. The van der Waals surface area contributed by atoms with Crippen molar-refractivity contribution in [3.05, 3.63) is 35.0 Å². The highest BCUT2D eigenvalue weighted by molar-refractivity contribution is 7.91. The lowest BCUT2D eigenvalue weighted by molar-refractivity contribution is 0.0748. The van der Waals surface area contributed by atoms with Gasteiger partial charge in [0.15, 0.2) is 9.84 Å². The van der Waals surface area contributed by atoms with Crippen molar-refractivity contribution in [2.24, 2.45) is 0 Å². The van der Waals surface area contributed by atoms with E-state index < -0.39 is 9.84 Å². The number of fused-ring (bicyclic) bond motifs is 3. The van der Waals surface area contributed by atoms with Gasteiger partial charge >= 0.3 is 0 Å². The van der Waals surface area contributed by atoms with E-state index >= 15 is 0 Å². The molecule has 2 heterocycles. The van der Waals surface area contributed by atoms with E-state index in [4.69, 9.17) is 0 Å². The van der Waals surface area contributed by atoms with Crippen molar-refractivity contribution in [3.8, 4) is 0 Å². The van der Waals surface area contributed by atoms with Crippen LogP contribution in [-0.4, -0.2) is 48.8 Å². The van der Waals surface area contributed by atoms with Crippen LogP contribution in [0.5, 0.6) is 0 Å². The summed E-state index contributed by atoms with van der Waals surface area (Å²) in [6.07, 6.45) is 5.08. The van der Waals surface area contributed by atoms with Crippen LogP contribution in [0.4, 0.5) is 0 Å². The van der Waals surface area contributed by atoms with Crippen LogP contribution in [0.25, 0.3) is 10.9 Å². The third kappa shape index (κ3) is 2.62. The molecular formula is C18H22N2O3S. The lowest BCUT2D eigenvalue weighted by Crippen LogP contribution is -2.37. The van der Waals surface area contributed by atoms with Gasteiger partial charge in [-0.25, -0.2) is 8.42 Å². The Bertz CT molecular complexity index is 914. The molecule has 2 aliphatic rings. The van der Waals surface area contributed by atoms with E-state index in [-0.39, 0.29) is 23.5 Å². The van der Waals surface area contributed by atoms with Crippen LogP contribution in [0.2, 0.25) is 0 Å². The summed E-state index contributed by atoms with van der Waals surface area (Å²) in [5.74, 6) is 0.168. The molecule has 4 rings (SSSR count). The summed E-state index contributed by atoms with van der Waals surface area (Å²) >= 11 is 0. The predicted molar refractivity (Wildman–Crippen MR) is 94.1 cm³/mol. The molecule has 1 aromatic heterocycles. The number of nitrogens with zero attached hydrogens (tertiary/aromatic N) is 1. The van der Waals surface area contributed by atoms with Crippen LogP contribution in [0, 0.1) is 0 Å². The first kappa shape index (κ1) is 15.7. The quantitative estimate of drug-likeness (QED) is 0.907. The van der Waals surface area contributed by atoms with Gasteiger partial charge in [-0.3, -0.25) is 4.79 Å². The summed E-state index contributed by atoms with van der Waals surface area (Å²) < 4.78 is 23.3. The number of amides is 1. The van der Waals surface area contributed by atoms with Crippen molar-refractivity contribution >= 4 is 26.6 Å². The van der Waals surface area contributed by atoms with Gasteiger partial charge in [0, 0.05) is 35.2 Å². The smallest absolute Gasteiger partial charge is 0.253 e. The van der Waals surface area contributed by atoms with E-state index in [1.807, 2.05) is 18.2 Å². The van der Waals surface area contributed by atoms with Crippen molar-refractivity contribution in [3.63, 3.8) is 0 Å². The van der Waals surface area contributed by atoms with Crippen molar-refractivity contribution in [1.29, 1.82) is 0 Å². The maximum atomic E-state index is 12.8. The van der Waals surface area contributed by atoms with Gasteiger partial charge in [-0.15, -0.1) is 0 Å². The largest absolute Gasteiger partial charge is 0.358 e. The molecule has 5 nitrogen and oxygen atoms in total. The van der Waals surface area contributed by atoms with Crippen LogP contribution in [0.1, 0.15) is 40.9 Å². The van der Waals surface area contributed by atoms with Crippen LogP contribution in [-0.2, 0) is 22.7 Å². The molecule has 1 saturated heterocycles. The Morgan fingerprint density at radius 2 is 2.04 bits per heavy atom. The number of carbonyl (C=O) groups is 1. The summed E-state index contributed by atoms with van der Waals surface area (Å²) in [4.78, 5) is 17.9. The maximum absolute atomic E-state index is 12.8. The first-order valence-electron chi connectivity index (χ1n) is 8.56. The minimum Gasteiger partial charge on any atom is -0.358 e. The number of nitrogens with one attached hydrogen (secondary N) is 1. The van der Waals surface area contributed by atoms with Gasteiger partial charge in [0.1, 0.15) is 0 Å². The molecule has 1 aromatic carbocycles. The fourth-order valence-corrected chi connectivity index (χ4v) is 5.76. The average molecular weight is 346 g/mol. The second-order valence-electron chi connectivity index (χ2n) is 7.02. The summed E-state index contributed by atoms with van der Waals surface area (Å²) in [5, 5.41) is 1.14. The Morgan fingerprint density at radius 3 is 2.79 bits per heavy atom.